The van der Waals surface area contributed by atoms with Crippen molar-refractivity contribution in [1.29, 1.82) is 0 Å². The minimum atomic E-state index is -3.59. The molecule has 0 saturated carbocycles. The molecule has 30 heavy (non-hydrogen) atoms. The average molecular weight is 465 g/mol. The molecule has 1 aliphatic heterocycles. The van der Waals surface area contributed by atoms with Crippen LogP contribution in [0, 0.1) is 12.8 Å². The topological polar surface area (TPSA) is 84.3 Å². The van der Waals surface area contributed by atoms with Gasteiger partial charge in [-0.1, -0.05) is 11.6 Å². The highest BCUT2D eigenvalue weighted by Gasteiger charge is 2.34. The third-order valence-electron chi connectivity index (χ3n) is 5.03. The molecule has 2 aromatic heterocycles. The van der Waals surface area contributed by atoms with Crippen LogP contribution >= 0.6 is 22.9 Å². The number of hydrogen-bond acceptors (Lipinski definition) is 5. The van der Waals surface area contributed by atoms with Crippen molar-refractivity contribution in [2.75, 3.05) is 18.4 Å². The number of nitrogens with one attached hydrogen (secondary N) is 1. The maximum Gasteiger partial charge on any atom is 0.252 e. The standard InChI is InChI=1S/C20H21ClN4O3S2/c1-14-5-8-19(29-14)30(27,28)24-10-2-4-15(13-24)20(26)23-17-12-16(21)6-7-18(17)25-11-3-9-22-25/h3,5-9,11-12,15H,2,4,10,13H2,1H3,(H,23,26). The smallest absolute Gasteiger partial charge is 0.252 e. The molecular formula is C20H21ClN4O3S2. The van der Waals surface area contributed by atoms with Crippen molar-refractivity contribution >= 4 is 44.6 Å². The van der Waals surface area contributed by atoms with Crippen molar-refractivity contribution in [3.05, 3.63) is 58.7 Å². The summed E-state index contributed by atoms with van der Waals surface area (Å²) in [4.78, 5) is 13.9. The molecule has 158 valence electrons. The maximum absolute atomic E-state index is 13.0. The van der Waals surface area contributed by atoms with Gasteiger partial charge in [-0.15, -0.1) is 11.3 Å². The van der Waals surface area contributed by atoms with Crippen molar-refractivity contribution in [3.8, 4) is 5.69 Å². The van der Waals surface area contributed by atoms with Gasteiger partial charge in [0.05, 0.1) is 17.3 Å². The van der Waals surface area contributed by atoms with Crippen LogP contribution in [-0.4, -0.2) is 41.5 Å². The maximum atomic E-state index is 13.0. The number of rotatable bonds is 5. The van der Waals surface area contributed by atoms with Gasteiger partial charge in [0.2, 0.25) is 5.91 Å². The second-order valence-corrected chi connectivity index (χ2v) is 11.1. The first-order valence-electron chi connectivity index (χ1n) is 9.51. The molecule has 3 heterocycles. The third kappa shape index (κ3) is 4.29. The molecule has 0 radical (unpaired) electrons. The van der Waals surface area contributed by atoms with Crippen molar-refractivity contribution < 1.29 is 13.2 Å². The number of benzene rings is 1. The number of aryl methyl sites for hydroxylation is 1. The number of carbonyl (C=O) groups excluding carboxylic acids is 1. The van der Waals surface area contributed by atoms with Crippen LogP contribution < -0.4 is 5.32 Å². The molecule has 1 amide bonds. The number of amides is 1. The van der Waals surface area contributed by atoms with Gasteiger partial charge in [0.1, 0.15) is 4.21 Å². The summed E-state index contributed by atoms with van der Waals surface area (Å²) in [6, 6.07) is 10.4. The molecule has 7 nitrogen and oxygen atoms in total. The van der Waals surface area contributed by atoms with E-state index in [0.29, 0.717) is 40.0 Å². The van der Waals surface area contributed by atoms with Crippen molar-refractivity contribution in [3.63, 3.8) is 0 Å². The van der Waals surface area contributed by atoms with Gasteiger partial charge in [-0.25, -0.2) is 13.1 Å². The molecule has 3 aromatic rings. The van der Waals surface area contributed by atoms with E-state index in [9.17, 15) is 13.2 Å². The van der Waals surface area contributed by atoms with Crippen LogP contribution in [0.2, 0.25) is 5.02 Å². The third-order valence-corrected chi connectivity index (χ3v) is 8.60. The summed E-state index contributed by atoms with van der Waals surface area (Å²) in [7, 11) is -3.59. The lowest BCUT2D eigenvalue weighted by Crippen LogP contribution is -2.43. The van der Waals surface area contributed by atoms with Crippen LogP contribution in [0.15, 0.2) is 53.0 Å². The van der Waals surface area contributed by atoms with E-state index >= 15 is 0 Å². The zero-order valence-electron chi connectivity index (χ0n) is 16.3. The van der Waals surface area contributed by atoms with Crippen molar-refractivity contribution in [2.45, 2.75) is 24.0 Å². The molecule has 0 bridgehead atoms. The molecule has 1 unspecified atom stereocenters. The highest BCUT2D eigenvalue weighted by Crippen LogP contribution is 2.30. The Hall–Kier alpha value is -2.20. The summed E-state index contributed by atoms with van der Waals surface area (Å²) in [6.45, 7) is 2.44. The van der Waals surface area contributed by atoms with Gasteiger partial charge in [0.25, 0.3) is 10.0 Å². The van der Waals surface area contributed by atoms with E-state index < -0.39 is 15.9 Å². The van der Waals surface area contributed by atoms with Gasteiger partial charge in [0, 0.05) is 35.4 Å². The number of aromatic nitrogens is 2. The Bertz CT molecular complexity index is 1160. The van der Waals surface area contributed by atoms with Gasteiger partial charge >= 0.3 is 0 Å². The lowest BCUT2D eigenvalue weighted by Gasteiger charge is -2.31. The lowest BCUT2D eigenvalue weighted by atomic mass is 9.98. The molecule has 1 saturated heterocycles. The Labute approximate surface area is 184 Å². The Balaban J connectivity index is 1.53. The summed E-state index contributed by atoms with van der Waals surface area (Å²) < 4.78 is 29.3. The van der Waals surface area contributed by atoms with E-state index in [2.05, 4.69) is 10.4 Å². The largest absolute Gasteiger partial charge is 0.324 e. The number of sulfonamides is 1. The Morgan fingerprint density at radius 1 is 1.30 bits per heavy atom. The fraction of sp³-hybridized carbons (Fsp3) is 0.300. The van der Waals surface area contributed by atoms with Crippen molar-refractivity contribution in [2.24, 2.45) is 5.92 Å². The first-order valence-corrected chi connectivity index (χ1v) is 12.1. The monoisotopic (exact) mass is 464 g/mol. The molecule has 10 heteroatoms. The van der Waals surface area contributed by atoms with Crippen LogP contribution in [0.3, 0.4) is 0 Å². The summed E-state index contributed by atoms with van der Waals surface area (Å²) in [5, 5.41) is 7.62. The van der Waals surface area contributed by atoms with E-state index in [1.165, 1.54) is 15.6 Å². The quantitative estimate of drug-likeness (QED) is 0.619. The average Bonchev–Trinajstić information content (AvgIpc) is 3.40. The predicted octanol–water partition coefficient (Wildman–Crippen LogP) is 3.94. The molecule has 1 N–H and O–H groups in total. The minimum Gasteiger partial charge on any atom is -0.324 e. The fourth-order valence-corrected chi connectivity index (χ4v) is 6.64. The molecule has 1 atom stereocenters. The summed E-state index contributed by atoms with van der Waals surface area (Å²) >= 11 is 7.38. The fourth-order valence-electron chi connectivity index (χ4n) is 3.51. The van der Waals surface area contributed by atoms with Gasteiger partial charge in [0.15, 0.2) is 0 Å². The van der Waals surface area contributed by atoms with E-state index in [4.69, 9.17) is 11.6 Å². The van der Waals surface area contributed by atoms with Crippen LogP contribution in [0.1, 0.15) is 17.7 Å². The highest BCUT2D eigenvalue weighted by molar-refractivity contribution is 7.91. The number of anilines is 1. The molecule has 1 fully saturated rings. The van der Waals surface area contributed by atoms with Gasteiger partial charge in [-0.2, -0.15) is 9.40 Å². The highest BCUT2D eigenvalue weighted by atomic mass is 35.5. The molecule has 0 aliphatic carbocycles. The second kappa shape index (κ2) is 8.50. The normalized spacial score (nSPS) is 17.7. The molecule has 4 rings (SSSR count). The second-order valence-electron chi connectivity index (χ2n) is 7.17. The number of halogens is 1. The van der Waals surface area contributed by atoms with Crippen LogP contribution in [0.25, 0.3) is 5.69 Å². The summed E-state index contributed by atoms with van der Waals surface area (Å²) in [5.74, 6) is -0.674. The first-order chi connectivity index (χ1) is 14.3. The van der Waals surface area contributed by atoms with Gasteiger partial charge in [-0.05, 0) is 56.2 Å². The number of hydrogen-bond donors (Lipinski definition) is 1. The SMILES string of the molecule is Cc1ccc(S(=O)(=O)N2CCCC(C(=O)Nc3cc(Cl)ccc3-n3cccn3)C2)s1. The van der Waals surface area contributed by atoms with E-state index in [1.54, 1.807) is 53.5 Å². The van der Waals surface area contributed by atoms with Crippen LogP contribution in [0.5, 0.6) is 0 Å². The summed E-state index contributed by atoms with van der Waals surface area (Å²) in [6.07, 6.45) is 4.68. The van der Waals surface area contributed by atoms with E-state index in [1.807, 2.05) is 6.92 Å². The lowest BCUT2D eigenvalue weighted by molar-refractivity contribution is -0.120. The zero-order valence-corrected chi connectivity index (χ0v) is 18.7. The number of piperidine rings is 1. The molecule has 1 aliphatic rings. The first kappa shape index (κ1) is 21.0. The predicted molar refractivity (Wildman–Crippen MR) is 118 cm³/mol. The van der Waals surface area contributed by atoms with Crippen LogP contribution in [-0.2, 0) is 14.8 Å². The number of thiophene rings is 1. The summed E-state index contributed by atoms with van der Waals surface area (Å²) in [5.41, 5.74) is 1.22. The van der Waals surface area contributed by atoms with E-state index in [-0.39, 0.29) is 12.5 Å². The van der Waals surface area contributed by atoms with Gasteiger partial charge < -0.3 is 5.32 Å². The van der Waals surface area contributed by atoms with Crippen molar-refractivity contribution in [1.82, 2.24) is 14.1 Å². The Morgan fingerprint density at radius 3 is 2.83 bits per heavy atom. The molecule has 0 spiro atoms. The minimum absolute atomic E-state index is 0.156. The molecule has 1 aromatic carbocycles. The number of nitrogens with zero attached hydrogens (tertiary/aromatic N) is 3. The zero-order chi connectivity index (χ0) is 21.3. The van der Waals surface area contributed by atoms with E-state index in [0.717, 1.165) is 4.88 Å². The Kier molecular flexibility index (Phi) is 5.97. The Morgan fingerprint density at radius 2 is 2.13 bits per heavy atom. The molecular weight excluding hydrogens is 444 g/mol. The number of carbonyl (C=O) groups is 1. The van der Waals surface area contributed by atoms with Gasteiger partial charge in [-0.3, -0.25) is 4.79 Å². The van der Waals surface area contributed by atoms with Crippen LogP contribution in [0.4, 0.5) is 5.69 Å².